The van der Waals surface area contributed by atoms with Crippen LogP contribution in [0, 0.1) is 0 Å². The maximum atomic E-state index is 13.5. The highest BCUT2D eigenvalue weighted by molar-refractivity contribution is 7.98. The minimum Gasteiger partial charge on any atom is -0.444 e. The fourth-order valence-electron chi connectivity index (χ4n) is 16.6. The number of carbonyl (C=O) groups is 2. The standard InChI is InChI=1S/C33H41N7O3.C28H33N7O.C18H21N5OS.C16H24N2O2.2ClH/c1-31(2,3)26-18-23(13-15-34-26)39-27-24(28(41)40(39)22-10-11-22)19-35-29(37-27)36-21-9-12-25-20(17-21)14-16-38(33(25,7)8)30(42)43-32(4,5)6;1-27(2,3)23-15-20(11-12-29-23)34-24-21(25(36)35(34)19-7-8-19)16-30-26(33-24)32-18-6-9-22-17(14-18)10-13-31-28(22,4)5;1-18(2,3)14-9-12(7-8-19-14)22-15-13(10-20-17(21-15)25-4)16(24)23(22)11-5-6-11;1-15(2,3)20-14(19)18-9-8-11-10-12(17)6-7-13(11)16(18,4)5;;/h9,12-13,15,17-19,22H,10-11,14,16H2,1-8H3,(H,35,36,37);6,9,11-12,14-16,19,31H,7-8,10,13H2,1-5H3,(H,30,32,33);7-11H,5-6H2,1-4H3;6-7,10H,8-9,17H2,1-5H3;2*1H. The third-order valence-corrected chi connectivity index (χ3v) is 24.1. The number of carbonyl (C=O) groups excluding carboxylic acids is 2. The maximum Gasteiger partial charge on any atom is 0.411 e. The molecular weight excluding hydrogens is 1650 g/mol. The number of anilines is 5. The number of nitrogens with two attached hydrogens (primary N) is 1. The molecule has 3 aliphatic heterocycles. The molecule has 3 aromatic carbocycles. The van der Waals surface area contributed by atoms with Gasteiger partial charge in [0, 0.05) is 106 Å². The van der Waals surface area contributed by atoms with E-state index in [2.05, 4.69) is 169 Å². The molecule has 0 atom stereocenters. The SMILES string of the molecule is CC(C)(C)OC(=O)N1CCc2cc(N)ccc2C1(C)C.CC(C)(C)OC(=O)N1CCc2cc(Nc3ncc4c(=O)n(C5CC5)n(-c5ccnc(C(C)(C)C)c5)c4n3)ccc2C1(C)C.CC(C)(C)c1cc(-n2c3nc(Nc4ccc5c(c4)CCNC5(C)C)ncc3c(=O)n2C2CC2)ccn1.CSc1ncc2c(=O)n(C3CC3)n(-c3ccnc(C(C)(C)C)c3)c2n1.Cl.Cl. The Morgan fingerprint density at radius 3 is 1.17 bits per heavy atom. The molecule has 3 fully saturated rings. The molecule has 3 aliphatic carbocycles. The first-order chi connectivity index (χ1) is 58.3. The van der Waals surface area contributed by atoms with Crippen molar-refractivity contribution in [1.29, 1.82) is 0 Å². The van der Waals surface area contributed by atoms with Crippen molar-refractivity contribution < 1.29 is 19.1 Å². The van der Waals surface area contributed by atoms with Crippen molar-refractivity contribution in [2.75, 3.05) is 42.3 Å². The van der Waals surface area contributed by atoms with Crippen LogP contribution < -0.4 is 38.4 Å². The Hall–Kier alpha value is -11.0. The lowest BCUT2D eigenvalue weighted by atomic mass is 9.83. The van der Waals surface area contributed by atoms with Gasteiger partial charge in [0.25, 0.3) is 16.7 Å². The first kappa shape index (κ1) is 92.7. The molecule has 0 bridgehead atoms. The number of ether oxygens (including phenoxy) is 2. The van der Waals surface area contributed by atoms with Gasteiger partial charge in [-0.25, -0.2) is 57.6 Å². The Balaban J connectivity index is 0.000000149. The third kappa shape index (κ3) is 19.3. The summed E-state index contributed by atoms with van der Waals surface area (Å²) in [5.74, 6) is 0.882. The van der Waals surface area contributed by atoms with Crippen molar-refractivity contribution in [2.24, 2.45) is 0 Å². The summed E-state index contributed by atoms with van der Waals surface area (Å²) in [4.78, 5) is 110. The third-order valence-electron chi connectivity index (χ3n) is 23.6. The minimum absolute atomic E-state index is 0. The molecular formula is C95H121Cl2N21O7S. The Kier molecular flexibility index (Phi) is 25.5. The maximum absolute atomic E-state index is 13.5. The van der Waals surface area contributed by atoms with Gasteiger partial charge in [0.15, 0.2) is 22.1 Å². The molecule has 12 aromatic rings. The molecule has 9 aromatic heterocycles. The lowest BCUT2D eigenvalue weighted by Gasteiger charge is -2.44. The fraction of sp³-hybridized carbons (Fsp3) is 0.474. The monoisotopic (exact) mass is 1770 g/mol. The second-order valence-corrected chi connectivity index (χ2v) is 40.8. The first-order valence-corrected chi connectivity index (χ1v) is 44.4. The van der Waals surface area contributed by atoms with Gasteiger partial charge in [-0.1, -0.05) is 92.3 Å². The number of nitrogens with one attached hydrogen (secondary N) is 3. The summed E-state index contributed by atoms with van der Waals surface area (Å²) < 4.78 is 22.5. The molecule has 3 saturated carbocycles. The van der Waals surface area contributed by atoms with E-state index in [9.17, 15) is 24.0 Å². The van der Waals surface area contributed by atoms with Crippen LogP contribution in [0.25, 0.3) is 50.2 Å². The fourth-order valence-corrected chi connectivity index (χ4v) is 16.9. The van der Waals surface area contributed by atoms with Gasteiger partial charge in [0.1, 0.15) is 27.4 Å². The van der Waals surface area contributed by atoms with Gasteiger partial charge in [-0.05, 0) is 260 Å². The van der Waals surface area contributed by atoms with E-state index in [4.69, 9.17) is 25.2 Å². The Bertz CT molecular complexity index is 6330. The Morgan fingerprint density at radius 1 is 0.452 bits per heavy atom. The average molecular weight is 1770 g/mol. The highest BCUT2D eigenvalue weighted by Gasteiger charge is 2.43. The Morgan fingerprint density at radius 2 is 0.802 bits per heavy atom. The molecule has 668 valence electrons. The molecule has 31 heteroatoms. The Labute approximate surface area is 752 Å². The van der Waals surface area contributed by atoms with E-state index in [1.807, 2.05) is 158 Å². The number of benzene rings is 3. The van der Waals surface area contributed by atoms with E-state index in [1.165, 1.54) is 28.5 Å². The second kappa shape index (κ2) is 34.6. The van der Waals surface area contributed by atoms with Crippen molar-refractivity contribution in [2.45, 2.75) is 271 Å². The lowest BCUT2D eigenvalue weighted by Crippen LogP contribution is -2.51. The molecule has 12 heterocycles. The van der Waals surface area contributed by atoms with Gasteiger partial charge in [-0.15, -0.1) is 24.8 Å². The predicted octanol–water partition coefficient (Wildman–Crippen LogP) is 18.6. The van der Waals surface area contributed by atoms with Crippen LogP contribution in [0.2, 0.25) is 0 Å². The van der Waals surface area contributed by atoms with E-state index < -0.39 is 16.7 Å². The van der Waals surface area contributed by atoms with Crippen LogP contribution in [0.1, 0.15) is 253 Å². The van der Waals surface area contributed by atoms with Gasteiger partial charge < -0.3 is 31.2 Å². The van der Waals surface area contributed by atoms with E-state index in [0.29, 0.717) is 69.7 Å². The highest BCUT2D eigenvalue weighted by atomic mass is 35.5. The number of nitrogens with zero attached hydrogens (tertiary/aromatic N) is 17. The zero-order valence-electron chi connectivity index (χ0n) is 76.6. The average Bonchev–Trinajstić information content (AvgIpc) is 1.58. The summed E-state index contributed by atoms with van der Waals surface area (Å²) in [7, 11) is 0. The number of hydrogen-bond donors (Lipinski definition) is 4. The van der Waals surface area contributed by atoms with Gasteiger partial charge in [-0.2, -0.15) is 9.97 Å². The van der Waals surface area contributed by atoms with Crippen molar-refractivity contribution in [3.05, 3.63) is 210 Å². The molecule has 0 radical (unpaired) electrons. The summed E-state index contributed by atoms with van der Waals surface area (Å²) in [6, 6.07) is 31.0. The van der Waals surface area contributed by atoms with E-state index >= 15 is 0 Å². The van der Waals surface area contributed by atoms with Crippen LogP contribution in [0.15, 0.2) is 148 Å². The van der Waals surface area contributed by atoms with Gasteiger partial charge in [-0.3, -0.25) is 39.1 Å². The second-order valence-electron chi connectivity index (χ2n) is 40.1. The summed E-state index contributed by atoms with van der Waals surface area (Å²) in [5, 5.41) is 12.6. The molecule has 2 amide bonds. The number of aromatic nitrogens is 15. The summed E-state index contributed by atoms with van der Waals surface area (Å²) in [5.41, 5.74) is 20.6. The van der Waals surface area contributed by atoms with Crippen LogP contribution >= 0.6 is 36.6 Å². The molecule has 5 N–H and O–H groups in total. The number of nitrogen functional groups attached to an aromatic ring is 1. The van der Waals surface area contributed by atoms with E-state index in [1.54, 1.807) is 40.8 Å². The molecule has 28 nitrogen and oxygen atoms in total. The van der Waals surface area contributed by atoms with E-state index in [0.717, 1.165) is 126 Å². The first-order valence-electron chi connectivity index (χ1n) is 43.2. The molecule has 6 aliphatic rings. The molecule has 18 rings (SSSR count). The van der Waals surface area contributed by atoms with Gasteiger partial charge in [0.2, 0.25) is 11.9 Å². The summed E-state index contributed by atoms with van der Waals surface area (Å²) >= 11 is 1.47. The zero-order chi connectivity index (χ0) is 89.0. The number of thioether (sulfide) groups is 1. The van der Waals surface area contributed by atoms with Gasteiger partial charge in [0.05, 0.1) is 46.3 Å². The van der Waals surface area contributed by atoms with Crippen LogP contribution in [-0.4, -0.2) is 132 Å². The molecule has 126 heavy (non-hydrogen) atoms. The number of hydrogen-bond acceptors (Lipinski definition) is 21. The van der Waals surface area contributed by atoms with Crippen LogP contribution in [0.3, 0.4) is 0 Å². The quantitative estimate of drug-likeness (QED) is 0.0531. The van der Waals surface area contributed by atoms with Crippen molar-refractivity contribution in [3.8, 4) is 17.1 Å². The van der Waals surface area contributed by atoms with Crippen LogP contribution in [0.4, 0.5) is 38.5 Å². The number of pyridine rings is 3. The van der Waals surface area contributed by atoms with Gasteiger partial charge >= 0.3 is 12.2 Å². The predicted molar refractivity (Wildman–Crippen MR) is 504 cm³/mol. The van der Waals surface area contributed by atoms with E-state index in [-0.39, 0.29) is 99.1 Å². The molecule has 0 spiro atoms. The smallest absolute Gasteiger partial charge is 0.411 e. The summed E-state index contributed by atoms with van der Waals surface area (Å²) in [6.07, 6.45) is 20.2. The number of halogens is 2. The lowest BCUT2D eigenvalue weighted by molar-refractivity contribution is -0.00147. The van der Waals surface area contributed by atoms with Crippen LogP contribution in [-0.2, 0) is 61.6 Å². The highest BCUT2D eigenvalue weighted by Crippen LogP contribution is 2.43. The molecule has 0 unspecified atom stereocenters. The zero-order valence-corrected chi connectivity index (χ0v) is 79.1. The summed E-state index contributed by atoms with van der Waals surface area (Å²) in [6.45, 7) is 45.3. The minimum atomic E-state index is -0.556. The number of fused-ring (bicyclic) bond motifs is 6. The van der Waals surface area contributed by atoms with Crippen molar-refractivity contribution in [1.82, 2.24) is 88.1 Å². The van der Waals surface area contributed by atoms with Crippen LogP contribution in [0.5, 0.6) is 0 Å². The van der Waals surface area contributed by atoms with Crippen molar-refractivity contribution in [3.63, 3.8) is 0 Å². The molecule has 0 saturated heterocycles. The topological polar surface area (TPSA) is 318 Å². The normalized spacial score (nSPS) is 16.4. The van der Waals surface area contributed by atoms with Crippen molar-refractivity contribution >= 4 is 111 Å². The largest absolute Gasteiger partial charge is 0.444 e. The number of amides is 2. The number of rotatable bonds is 11.